The second-order valence-corrected chi connectivity index (χ2v) is 4.76. The quantitative estimate of drug-likeness (QED) is 0.841. The van der Waals surface area contributed by atoms with Crippen molar-refractivity contribution in [3.05, 3.63) is 59.9 Å². The fourth-order valence-electron chi connectivity index (χ4n) is 2.19. The number of hydrogen-bond donors (Lipinski definition) is 1. The van der Waals surface area contributed by atoms with Gasteiger partial charge in [-0.25, -0.2) is 4.39 Å². The number of hydrogen-bond acceptors (Lipinski definition) is 3. The minimum absolute atomic E-state index is 0.0000406. The van der Waals surface area contributed by atoms with Crippen LogP contribution in [0.4, 0.5) is 4.39 Å². The molecular weight excluding hydrogens is 253 g/mol. The largest absolute Gasteiger partial charge is 0.310 e. The summed E-state index contributed by atoms with van der Waals surface area (Å²) in [7, 11) is 0. The SMILES string of the molecule is CCCNC(CCc1ccccn1)c1ccncc1F. The minimum atomic E-state index is -0.248. The molecule has 0 aliphatic heterocycles. The van der Waals surface area contributed by atoms with Gasteiger partial charge in [-0.05, 0) is 44.0 Å². The monoisotopic (exact) mass is 273 g/mol. The number of rotatable bonds is 7. The molecule has 0 saturated carbocycles. The van der Waals surface area contributed by atoms with Crippen molar-refractivity contribution in [2.24, 2.45) is 0 Å². The first-order valence-electron chi connectivity index (χ1n) is 7.04. The normalized spacial score (nSPS) is 12.3. The van der Waals surface area contributed by atoms with E-state index in [2.05, 4.69) is 22.2 Å². The molecule has 2 rings (SSSR count). The lowest BCUT2D eigenvalue weighted by Gasteiger charge is -2.19. The molecule has 2 heterocycles. The van der Waals surface area contributed by atoms with Gasteiger partial charge >= 0.3 is 0 Å². The number of aromatic nitrogens is 2. The molecule has 0 radical (unpaired) electrons. The Bertz CT molecular complexity index is 516. The topological polar surface area (TPSA) is 37.8 Å². The summed E-state index contributed by atoms with van der Waals surface area (Å²) in [4.78, 5) is 8.12. The van der Waals surface area contributed by atoms with Crippen molar-refractivity contribution >= 4 is 0 Å². The number of halogens is 1. The first-order chi connectivity index (χ1) is 9.81. The van der Waals surface area contributed by atoms with Crippen LogP contribution in [0.3, 0.4) is 0 Å². The molecule has 1 atom stereocenters. The highest BCUT2D eigenvalue weighted by Gasteiger charge is 2.15. The molecule has 3 nitrogen and oxygen atoms in total. The van der Waals surface area contributed by atoms with E-state index < -0.39 is 0 Å². The Morgan fingerprint density at radius 1 is 1.25 bits per heavy atom. The van der Waals surface area contributed by atoms with Crippen LogP contribution in [0.5, 0.6) is 0 Å². The predicted molar refractivity (Wildman–Crippen MR) is 77.8 cm³/mol. The Hall–Kier alpha value is -1.81. The van der Waals surface area contributed by atoms with Crippen LogP contribution >= 0.6 is 0 Å². The number of aryl methyl sites for hydroxylation is 1. The molecule has 2 aromatic rings. The zero-order chi connectivity index (χ0) is 14.2. The van der Waals surface area contributed by atoms with Gasteiger partial charge in [0.05, 0.1) is 6.20 Å². The number of nitrogens with zero attached hydrogens (tertiary/aromatic N) is 2. The van der Waals surface area contributed by atoms with E-state index >= 15 is 0 Å². The van der Waals surface area contributed by atoms with E-state index in [0.29, 0.717) is 5.56 Å². The Morgan fingerprint density at radius 3 is 2.85 bits per heavy atom. The maximum absolute atomic E-state index is 13.9. The molecule has 1 unspecified atom stereocenters. The molecule has 0 saturated heterocycles. The summed E-state index contributed by atoms with van der Waals surface area (Å²) in [6, 6.07) is 7.63. The van der Waals surface area contributed by atoms with E-state index in [1.165, 1.54) is 6.20 Å². The van der Waals surface area contributed by atoms with Gasteiger partial charge in [-0.1, -0.05) is 13.0 Å². The van der Waals surface area contributed by atoms with Crippen molar-refractivity contribution in [2.75, 3.05) is 6.54 Å². The van der Waals surface area contributed by atoms with E-state index in [9.17, 15) is 4.39 Å². The van der Waals surface area contributed by atoms with Gasteiger partial charge in [0.25, 0.3) is 0 Å². The lowest BCUT2D eigenvalue weighted by molar-refractivity contribution is 0.470. The summed E-state index contributed by atoms with van der Waals surface area (Å²) in [6.07, 6.45) is 7.36. The summed E-state index contributed by atoms with van der Waals surface area (Å²) < 4.78 is 13.9. The zero-order valence-electron chi connectivity index (χ0n) is 11.7. The highest BCUT2D eigenvalue weighted by atomic mass is 19.1. The summed E-state index contributed by atoms with van der Waals surface area (Å²) >= 11 is 0. The second kappa shape index (κ2) is 7.70. The van der Waals surface area contributed by atoms with Crippen LogP contribution in [-0.4, -0.2) is 16.5 Å². The lowest BCUT2D eigenvalue weighted by atomic mass is 10.0. The Labute approximate surface area is 119 Å². The van der Waals surface area contributed by atoms with Crippen molar-refractivity contribution in [1.82, 2.24) is 15.3 Å². The first kappa shape index (κ1) is 14.6. The molecule has 0 amide bonds. The van der Waals surface area contributed by atoms with E-state index in [1.54, 1.807) is 18.5 Å². The maximum atomic E-state index is 13.9. The van der Waals surface area contributed by atoms with Gasteiger partial charge < -0.3 is 5.32 Å². The van der Waals surface area contributed by atoms with E-state index in [0.717, 1.165) is 31.5 Å². The maximum Gasteiger partial charge on any atom is 0.146 e. The highest BCUT2D eigenvalue weighted by molar-refractivity contribution is 5.18. The summed E-state index contributed by atoms with van der Waals surface area (Å²) in [5.74, 6) is -0.248. The minimum Gasteiger partial charge on any atom is -0.310 e. The van der Waals surface area contributed by atoms with Gasteiger partial charge in [0.15, 0.2) is 0 Å². The van der Waals surface area contributed by atoms with Crippen molar-refractivity contribution in [3.63, 3.8) is 0 Å². The molecule has 0 bridgehead atoms. The van der Waals surface area contributed by atoms with Crippen LogP contribution in [-0.2, 0) is 6.42 Å². The molecule has 0 fully saturated rings. The van der Waals surface area contributed by atoms with Crippen LogP contribution in [0.15, 0.2) is 42.9 Å². The Morgan fingerprint density at radius 2 is 2.15 bits per heavy atom. The average molecular weight is 273 g/mol. The third-order valence-corrected chi connectivity index (χ3v) is 3.24. The van der Waals surface area contributed by atoms with Crippen LogP contribution < -0.4 is 5.32 Å². The van der Waals surface area contributed by atoms with Crippen LogP contribution in [0.25, 0.3) is 0 Å². The van der Waals surface area contributed by atoms with Crippen LogP contribution in [0.2, 0.25) is 0 Å². The molecule has 106 valence electrons. The Balaban J connectivity index is 2.06. The first-order valence-corrected chi connectivity index (χ1v) is 7.04. The zero-order valence-corrected chi connectivity index (χ0v) is 11.7. The molecule has 0 aliphatic rings. The molecule has 1 N–H and O–H groups in total. The summed E-state index contributed by atoms with van der Waals surface area (Å²) in [5, 5.41) is 3.40. The van der Waals surface area contributed by atoms with Crippen molar-refractivity contribution in [3.8, 4) is 0 Å². The Kier molecular flexibility index (Phi) is 5.62. The van der Waals surface area contributed by atoms with Crippen molar-refractivity contribution < 1.29 is 4.39 Å². The molecule has 20 heavy (non-hydrogen) atoms. The molecule has 4 heteroatoms. The molecular formula is C16H20FN3. The number of nitrogens with one attached hydrogen (secondary N) is 1. The fraction of sp³-hybridized carbons (Fsp3) is 0.375. The van der Waals surface area contributed by atoms with E-state index in [4.69, 9.17) is 0 Å². The standard InChI is InChI=1S/C16H20FN3/c1-2-9-20-16(14-8-11-18-12-15(14)17)7-6-13-5-3-4-10-19-13/h3-5,8,10-12,16,20H,2,6-7,9H2,1H3. The molecule has 2 aromatic heterocycles. The fourth-order valence-corrected chi connectivity index (χ4v) is 2.19. The van der Waals surface area contributed by atoms with Gasteiger partial charge in [-0.3, -0.25) is 9.97 Å². The highest BCUT2D eigenvalue weighted by Crippen LogP contribution is 2.21. The summed E-state index contributed by atoms with van der Waals surface area (Å²) in [5.41, 5.74) is 1.72. The third-order valence-electron chi connectivity index (χ3n) is 3.24. The molecule has 0 aliphatic carbocycles. The van der Waals surface area contributed by atoms with Gasteiger partial charge in [0, 0.05) is 29.7 Å². The average Bonchev–Trinajstić information content (AvgIpc) is 2.49. The number of pyridine rings is 2. The smallest absolute Gasteiger partial charge is 0.146 e. The lowest BCUT2D eigenvalue weighted by Crippen LogP contribution is -2.23. The van der Waals surface area contributed by atoms with Crippen molar-refractivity contribution in [2.45, 2.75) is 32.2 Å². The van der Waals surface area contributed by atoms with Gasteiger partial charge in [-0.2, -0.15) is 0 Å². The third kappa shape index (κ3) is 4.10. The van der Waals surface area contributed by atoms with E-state index in [1.807, 2.05) is 18.2 Å². The molecule has 0 aromatic carbocycles. The second-order valence-electron chi connectivity index (χ2n) is 4.76. The van der Waals surface area contributed by atoms with Crippen LogP contribution in [0.1, 0.15) is 37.1 Å². The molecule has 0 spiro atoms. The van der Waals surface area contributed by atoms with E-state index in [-0.39, 0.29) is 11.9 Å². The summed E-state index contributed by atoms with van der Waals surface area (Å²) in [6.45, 7) is 2.97. The van der Waals surface area contributed by atoms with Gasteiger partial charge in [0.1, 0.15) is 5.82 Å². The van der Waals surface area contributed by atoms with Crippen molar-refractivity contribution in [1.29, 1.82) is 0 Å². The van der Waals surface area contributed by atoms with Crippen LogP contribution in [0, 0.1) is 5.82 Å². The van der Waals surface area contributed by atoms with Gasteiger partial charge in [0.2, 0.25) is 0 Å². The van der Waals surface area contributed by atoms with Gasteiger partial charge in [-0.15, -0.1) is 0 Å². The predicted octanol–water partition coefficient (Wildman–Crippen LogP) is 3.29.